The standard InChI is InChI=1S/C18H32N6OS/c1-5-24-10-6-7-15(24)12-21-18(22-13-17(25)23(3)4)19-9-8-16-20-11-14(2)26-16/h11,15H,5-10,12-13H2,1-4H3,(H2,19,21,22). The summed E-state index contributed by atoms with van der Waals surface area (Å²) in [5.41, 5.74) is 0. The summed E-state index contributed by atoms with van der Waals surface area (Å²) in [5, 5.41) is 7.88. The van der Waals surface area contributed by atoms with E-state index >= 15 is 0 Å². The third-order valence-corrected chi connectivity index (χ3v) is 5.55. The van der Waals surface area contributed by atoms with E-state index in [1.165, 1.54) is 24.3 Å². The number of amides is 1. The number of guanidine groups is 1. The zero-order valence-electron chi connectivity index (χ0n) is 16.4. The Balaban J connectivity index is 1.87. The van der Waals surface area contributed by atoms with Crippen LogP contribution in [0.25, 0.3) is 0 Å². The summed E-state index contributed by atoms with van der Waals surface area (Å²) >= 11 is 1.72. The second-order valence-electron chi connectivity index (χ2n) is 6.80. The van der Waals surface area contributed by atoms with Crippen LogP contribution >= 0.6 is 11.3 Å². The number of thiazole rings is 1. The molecule has 0 saturated carbocycles. The van der Waals surface area contributed by atoms with Crippen molar-refractivity contribution in [3.05, 3.63) is 16.1 Å². The van der Waals surface area contributed by atoms with Crippen molar-refractivity contribution in [2.75, 3.05) is 46.8 Å². The molecule has 1 unspecified atom stereocenters. The van der Waals surface area contributed by atoms with Gasteiger partial charge in [0.1, 0.15) is 6.54 Å². The van der Waals surface area contributed by atoms with Gasteiger partial charge in [-0.2, -0.15) is 0 Å². The lowest BCUT2D eigenvalue weighted by atomic mass is 10.2. The minimum atomic E-state index is -0.00213. The Morgan fingerprint density at radius 1 is 1.46 bits per heavy atom. The molecule has 2 rings (SSSR count). The highest BCUT2D eigenvalue weighted by atomic mass is 32.1. The number of nitrogens with zero attached hydrogens (tertiary/aromatic N) is 4. The first-order valence-corrected chi connectivity index (χ1v) is 10.2. The molecule has 0 aliphatic carbocycles. The van der Waals surface area contributed by atoms with Crippen molar-refractivity contribution in [3.63, 3.8) is 0 Å². The molecule has 2 heterocycles. The van der Waals surface area contributed by atoms with Crippen LogP contribution in [0.4, 0.5) is 0 Å². The minimum Gasteiger partial charge on any atom is -0.356 e. The average Bonchev–Trinajstić information content (AvgIpc) is 3.24. The van der Waals surface area contributed by atoms with E-state index in [1.54, 1.807) is 30.3 Å². The summed E-state index contributed by atoms with van der Waals surface area (Å²) in [6.45, 7) is 8.28. The van der Waals surface area contributed by atoms with Gasteiger partial charge in [-0.25, -0.2) is 9.98 Å². The number of aryl methyl sites for hydroxylation is 1. The van der Waals surface area contributed by atoms with Gasteiger partial charge in [-0.1, -0.05) is 6.92 Å². The van der Waals surface area contributed by atoms with Crippen molar-refractivity contribution < 1.29 is 4.79 Å². The van der Waals surface area contributed by atoms with Gasteiger partial charge >= 0.3 is 0 Å². The van der Waals surface area contributed by atoms with Crippen LogP contribution < -0.4 is 10.6 Å². The average molecular weight is 381 g/mol. The zero-order valence-corrected chi connectivity index (χ0v) is 17.2. The van der Waals surface area contributed by atoms with E-state index in [9.17, 15) is 4.79 Å². The highest BCUT2D eigenvalue weighted by Crippen LogP contribution is 2.15. The lowest BCUT2D eigenvalue weighted by molar-refractivity contribution is -0.127. The molecule has 0 bridgehead atoms. The maximum absolute atomic E-state index is 11.9. The summed E-state index contributed by atoms with van der Waals surface area (Å²) in [7, 11) is 3.50. The topological polar surface area (TPSA) is 72.9 Å². The first-order valence-electron chi connectivity index (χ1n) is 9.37. The van der Waals surface area contributed by atoms with Crippen molar-refractivity contribution in [2.24, 2.45) is 4.99 Å². The Morgan fingerprint density at radius 3 is 2.92 bits per heavy atom. The molecule has 0 spiro atoms. The Kier molecular flexibility index (Phi) is 8.31. The minimum absolute atomic E-state index is 0.00213. The van der Waals surface area contributed by atoms with Crippen LogP contribution in [-0.2, 0) is 11.2 Å². The fourth-order valence-corrected chi connectivity index (χ4v) is 3.81. The Hall–Kier alpha value is -1.67. The van der Waals surface area contributed by atoms with Crippen LogP contribution in [-0.4, -0.2) is 79.5 Å². The van der Waals surface area contributed by atoms with Crippen LogP contribution in [0.2, 0.25) is 0 Å². The number of hydrogen-bond acceptors (Lipinski definition) is 5. The quantitative estimate of drug-likeness (QED) is 0.522. The summed E-state index contributed by atoms with van der Waals surface area (Å²) in [6, 6.07) is 0.540. The number of likely N-dealkylation sites (N-methyl/N-ethyl adjacent to an activating group) is 2. The molecular formula is C18H32N6OS. The van der Waals surface area contributed by atoms with Crippen molar-refractivity contribution in [1.29, 1.82) is 0 Å². The molecule has 1 fully saturated rings. The maximum Gasteiger partial charge on any atom is 0.243 e. The monoisotopic (exact) mass is 380 g/mol. The van der Waals surface area contributed by atoms with Crippen molar-refractivity contribution in [3.8, 4) is 0 Å². The van der Waals surface area contributed by atoms with Gasteiger partial charge in [0.15, 0.2) is 5.96 Å². The van der Waals surface area contributed by atoms with Crippen molar-refractivity contribution in [2.45, 2.75) is 39.2 Å². The molecule has 0 aromatic carbocycles. The largest absolute Gasteiger partial charge is 0.356 e. The van der Waals surface area contributed by atoms with Crippen LogP contribution in [0.1, 0.15) is 29.7 Å². The third-order valence-electron chi connectivity index (χ3n) is 4.58. The molecule has 2 N–H and O–H groups in total. The highest BCUT2D eigenvalue weighted by Gasteiger charge is 2.22. The predicted molar refractivity (Wildman–Crippen MR) is 108 cm³/mol. The summed E-state index contributed by atoms with van der Waals surface area (Å²) in [6.07, 6.45) is 5.22. The van der Waals surface area contributed by atoms with Gasteiger partial charge in [0.2, 0.25) is 5.91 Å². The second-order valence-corrected chi connectivity index (χ2v) is 8.12. The van der Waals surface area contributed by atoms with E-state index in [-0.39, 0.29) is 12.5 Å². The second kappa shape index (κ2) is 10.5. The van der Waals surface area contributed by atoms with Crippen LogP contribution in [0.5, 0.6) is 0 Å². The molecule has 1 aliphatic heterocycles. The number of hydrogen-bond donors (Lipinski definition) is 2. The van der Waals surface area contributed by atoms with E-state index in [0.29, 0.717) is 12.0 Å². The lowest BCUT2D eigenvalue weighted by Gasteiger charge is -2.24. The molecular weight excluding hydrogens is 348 g/mol. The number of carbonyl (C=O) groups is 1. The number of rotatable bonds is 8. The fourth-order valence-electron chi connectivity index (χ4n) is 3.02. The molecule has 146 valence electrons. The van der Waals surface area contributed by atoms with Crippen LogP contribution in [0.3, 0.4) is 0 Å². The van der Waals surface area contributed by atoms with Gasteiger partial charge in [0, 0.05) is 50.7 Å². The molecule has 0 radical (unpaired) electrons. The molecule has 1 atom stereocenters. The SMILES string of the molecule is CCN1CCCC1CNC(=NCC(=O)N(C)C)NCCc1ncc(C)s1. The molecule has 1 aromatic heterocycles. The van der Waals surface area contributed by atoms with Gasteiger partial charge in [-0.3, -0.25) is 9.69 Å². The number of nitrogens with one attached hydrogen (secondary N) is 2. The Morgan fingerprint density at radius 2 is 2.27 bits per heavy atom. The molecule has 26 heavy (non-hydrogen) atoms. The molecule has 7 nitrogen and oxygen atoms in total. The molecule has 1 aliphatic rings. The molecule has 1 saturated heterocycles. The number of aliphatic imine (C=N–C) groups is 1. The Labute approximate surface area is 160 Å². The summed E-state index contributed by atoms with van der Waals surface area (Å²) < 4.78 is 0. The van der Waals surface area contributed by atoms with Gasteiger partial charge in [-0.05, 0) is 32.9 Å². The van der Waals surface area contributed by atoms with Gasteiger partial charge in [-0.15, -0.1) is 11.3 Å². The van der Waals surface area contributed by atoms with E-state index in [2.05, 4.69) is 39.4 Å². The smallest absolute Gasteiger partial charge is 0.243 e. The van der Waals surface area contributed by atoms with Crippen molar-refractivity contribution in [1.82, 2.24) is 25.4 Å². The van der Waals surface area contributed by atoms with E-state index < -0.39 is 0 Å². The van der Waals surface area contributed by atoms with Gasteiger partial charge in [0.05, 0.1) is 5.01 Å². The highest BCUT2D eigenvalue weighted by molar-refractivity contribution is 7.11. The maximum atomic E-state index is 11.9. The van der Waals surface area contributed by atoms with Crippen LogP contribution in [0, 0.1) is 6.92 Å². The number of carbonyl (C=O) groups excluding carboxylic acids is 1. The van der Waals surface area contributed by atoms with E-state index in [0.717, 1.165) is 31.1 Å². The van der Waals surface area contributed by atoms with E-state index in [1.807, 2.05) is 6.20 Å². The zero-order chi connectivity index (χ0) is 18.9. The third kappa shape index (κ3) is 6.57. The van der Waals surface area contributed by atoms with Gasteiger partial charge in [0.25, 0.3) is 0 Å². The van der Waals surface area contributed by atoms with E-state index in [4.69, 9.17) is 0 Å². The van der Waals surface area contributed by atoms with Crippen LogP contribution in [0.15, 0.2) is 11.2 Å². The number of aromatic nitrogens is 1. The summed E-state index contributed by atoms with van der Waals surface area (Å²) in [5.74, 6) is 0.703. The first kappa shape index (κ1) is 20.6. The van der Waals surface area contributed by atoms with Gasteiger partial charge < -0.3 is 15.5 Å². The summed E-state index contributed by atoms with van der Waals surface area (Å²) in [4.78, 5) is 26.0. The predicted octanol–water partition coefficient (Wildman–Crippen LogP) is 1.10. The first-order chi connectivity index (χ1) is 12.5. The lowest BCUT2D eigenvalue weighted by Crippen LogP contribution is -2.45. The number of likely N-dealkylation sites (tertiary alicyclic amines) is 1. The Bertz CT molecular complexity index is 600. The van der Waals surface area contributed by atoms with Crippen molar-refractivity contribution >= 4 is 23.2 Å². The molecule has 8 heteroatoms. The molecule has 1 amide bonds. The molecule has 1 aromatic rings. The normalized spacial score (nSPS) is 18.2. The fraction of sp³-hybridized carbons (Fsp3) is 0.722.